The Hall–Kier alpha value is -2.35. The summed E-state index contributed by atoms with van der Waals surface area (Å²) in [6.07, 6.45) is 1.65. The fourth-order valence-electron chi connectivity index (χ4n) is 1.63. The summed E-state index contributed by atoms with van der Waals surface area (Å²) in [4.78, 5) is 15.4. The zero-order valence-electron chi connectivity index (χ0n) is 9.47. The van der Waals surface area contributed by atoms with Crippen LogP contribution in [-0.4, -0.2) is 15.5 Å². The van der Waals surface area contributed by atoms with Crippen LogP contribution in [0, 0.1) is 11.3 Å². The van der Waals surface area contributed by atoms with Crippen molar-refractivity contribution in [3.63, 3.8) is 0 Å². The Kier molecular flexibility index (Phi) is 3.06. The second kappa shape index (κ2) is 4.66. The van der Waals surface area contributed by atoms with Crippen LogP contribution in [0.1, 0.15) is 12.0 Å². The van der Waals surface area contributed by atoms with E-state index in [0.29, 0.717) is 6.54 Å². The van der Waals surface area contributed by atoms with Gasteiger partial charge in [0.1, 0.15) is 6.42 Å². The molecule has 0 aliphatic heterocycles. The van der Waals surface area contributed by atoms with Crippen LogP contribution in [0.5, 0.6) is 0 Å². The van der Waals surface area contributed by atoms with Crippen molar-refractivity contribution in [1.29, 1.82) is 5.26 Å². The molecule has 0 saturated heterocycles. The number of nitriles is 1. The normalized spacial score (nSPS) is 10.1. The quantitative estimate of drug-likeness (QED) is 0.855. The molecule has 2 rings (SSSR count). The summed E-state index contributed by atoms with van der Waals surface area (Å²) >= 11 is 0. The molecule has 1 amide bonds. The number of imidazole rings is 1. The van der Waals surface area contributed by atoms with Crippen LogP contribution in [0.3, 0.4) is 0 Å². The van der Waals surface area contributed by atoms with Crippen LogP contribution in [0.4, 0.5) is 0 Å². The molecular formula is C12H12N4O. The SMILES string of the molecule is Cn1cnc2cc(CNC(=O)CC#N)ccc21. The van der Waals surface area contributed by atoms with Crippen molar-refractivity contribution in [3.8, 4) is 6.07 Å². The van der Waals surface area contributed by atoms with E-state index in [4.69, 9.17) is 5.26 Å². The lowest BCUT2D eigenvalue weighted by Crippen LogP contribution is -2.21. The molecule has 0 saturated carbocycles. The third-order valence-corrected chi connectivity index (χ3v) is 2.52. The van der Waals surface area contributed by atoms with Gasteiger partial charge in [-0.2, -0.15) is 5.26 Å². The van der Waals surface area contributed by atoms with Gasteiger partial charge in [-0.1, -0.05) is 6.07 Å². The molecular weight excluding hydrogens is 216 g/mol. The van der Waals surface area contributed by atoms with Crippen molar-refractivity contribution in [1.82, 2.24) is 14.9 Å². The summed E-state index contributed by atoms with van der Waals surface area (Å²) in [6.45, 7) is 0.424. The highest BCUT2D eigenvalue weighted by molar-refractivity contribution is 5.78. The zero-order chi connectivity index (χ0) is 12.3. The van der Waals surface area contributed by atoms with Gasteiger partial charge in [-0.3, -0.25) is 4.79 Å². The topological polar surface area (TPSA) is 70.7 Å². The maximum absolute atomic E-state index is 11.1. The molecule has 5 heteroatoms. The summed E-state index contributed by atoms with van der Waals surface area (Å²) in [5.74, 6) is -0.256. The Morgan fingerprint density at radius 1 is 1.59 bits per heavy atom. The van der Waals surface area contributed by atoms with Gasteiger partial charge in [0.15, 0.2) is 0 Å². The second-order valence-corrected chi connectivity index (χ2v) is 3.79. The van der Waals surface area contributed by atoms with Crippen molar-refractivity contribution < 1.29 is 4.79 Å². The molecule has 5 nitrogen and oxygen atoms in total. The molecule has 0 aliphatic carbocycles. The number of amides is 1. The molecule has 0 spiro atoms. The van der Waals surface area contributed by atoms with Crippen molar-refractivity contribution in [2.45, 2.75) is 13.0 Å². The first kappa shape index (κ1) is 11.1. The van der Waals surface area contributed by atoms with Gasteiger partial charge >= 0.3 is 0 Å². The molecule has 17 heavy (non-hydrogen) atoms. The van der Waals surface area contributed by atoms with Crippen LogP contribution < -0.4 is 5.32 Å². The zero-order valence-corrected chi connectivity index (χ0v) is 9.47. The largest absolute Gasteiger partial charge is 0.351 e. The number of fused-ring (bicyclic) bond motifs is 1. The molecule has 86 valence electrons. The third-order valence-electron chi connectivity index (χ3n) is 2.52. The van der Waals surface area contributed by atoms with Crippen LogP contribution in [-0.2, 0) is 18.4 Å². The smallest absolute Gasteiger partial charge is 0.234 e. The average Bonchev–Trinajstić information content (AvgIpc) is 2.69. The number of hydrogen-bond acceptors (Lipinski definition) is 3. The number of benzene rings is 1. The highest BCUT2D eigenvalue weighted by atomic mass is 16.1. The predicted molar refractivity (Wildman–Crippen MR) is 62.8 cm³/mol. The minimum absolute atomic E-state index is 0.105. The molecule has 1 N–H and O–H groups in total. The van der Waals surface area contributed by atoms with Crippen LogP contribution >= 0.6 is 0 Å². The summed E-state index contributed by atoms with van der Waals surface area (Å²) in [5, 5.41) is 11.0. The molecule has 0 atom stereocenters. The highest BCUT2D eigenvalue weighted by Gasteiger charge is 2.03. The number of carbonyl (C=O) groups excluding carboxylic acids is 1. The maximum Gasteiger partial charge on any atom is 0.234 e. The molecule has 0 bridgehead atoms. The Morgan fingerprint density at radius 3 is 3.18 bits per heavy atom. The average molecular weight is 228 g/mol. The number of aromatic nitrogens is 2. The van der Waals surface area contributed by atoms with Crippen molar-refractivity contribution >= 4 is 16.9 Å². The van der Waals surface area contributed by atoms with Gasteiger partial charge in [-0.05, 0) is 17.7 Å². The van der Waals surface area contributed by atoms with E-state index in [-0.39, 0.29) is 12.3 Å². The first-order valence-electron chi connectivity index (χ1n) is 5.24. The standard InChI is InChI=1S/C12H12N4O/c1-16-8-15-10-6-9(2-3-11(10)16)7-14-12(17)4-5-13/h2-3,6,8H,4,7H2,1H3,(H,14,17). The fraction of sp³-hybridized carbons (Fsp3) is 0.250. The van der Waals surface area contributed by atoms with E-state index >= 15 is 0 Å². The summed E-state index contributed by atoms with van der Waals surface area (Å²) < 4.78 is 1.94. The lowest BCUT2D eigenvalue weighted by atomic mass is 10.2. The van der Waals surface area contributed by atoms with E-state index in [9.17, 15) is 4.79 Å². The fourth-order valence-corrected chi connectivity index (χ4v) is 1.63. The van der Waals surface area contributed by atoms with E-state index in [0.717, 1.165) is 16.6 Å². The van der Waals surface area contributed by atoms with Gasteiger partial charge in [0.05, 0.1) is 23.4 Å². The summed E-state index contributed by atoms with van der Waals surface area (Å²) in [7, 11) is 1.93. The lowest BCUT2D eigenvalue weighted by molar-refractivity contribution is -0.120. The van der Waals surface area contributed by atoms with Gasteiger partial charge in [0.25, 0.3) is 0 Å². The van der Waals surface area contributed by atoms with Gasteiger partial charge in [0, 0.05) is 13.6 Å². The number of nitrogens with zero attached hydrogens (tertiary/aromatic N) is 3. The van der Waals surface area contributed by atoms with Crippen molar-refractivity contribution in [2.24, 2.45) is 7.05 Å². The Morgan fingerprint density at radius 2 is 2.41 bits per heavy atom. The monoisotopic (exact) mass is 228 g/mol. The minimum atomic E-state index is -0.256. The summed E-state index contributed by atoms with van der Waals surface area (Å²) in [5.41, 5.74) is 2.93. The molecule has 0 aliphatic rings. The highest BCUT2D eigenvalue weighted by Crippen LogP contribution is 2.13. The van der Waals surface area contributed by atoms with E-state index in [2.05, 4.69) is 10.3 Å². The Balaban J connectivity index is 2.10. The molecule has 1 aromatic heterocycles. The summed E-state index contributed by atoms with van der Waals surface area (Å²) in [6, 6.07) is 7.65. The number of hydrogen-bond donors (Lipinski definition) is 1. The maximum atomic E-state index is 11.1. The molecule has 1 aromatic carbocycles. The van der Waals surface area contributed by atoms with Gasteiger partial charge in [-0.25, -0.2) is 4.98 Å². The van der Waals surface area contributed by atoms with Gasteiger partial charge in [0.2, 0.25) is 5.91 Å². The molecule has 1 heterocycles. The van der Waals surface area contributed by atoms with Gasteiger partial charge in [-0.15, -0.1) is 0 Å². The molecule has 0 fully saturated rings. The van der Waals surface area contributed by atoms with E-state index < -0.39 is 0 Å². The van der Waals surface area contributed by atoms with E-state index in [1.165, 1.54) is 0 Å². The van der Waals surface area contributed by atoms with Gasteiger partial charge < -0.3 is 9.88 Å². The Labute approximate surface area is 98.7 Å². The predicted octanol–water partition coefficient (Wildman–Crippen LogP) is 1.10. The second-order valence-electron chi connectivity index (χ2n) is 3.79. The number of aryl methyl sites for hydroxylation is 1. The van der Waals surface area contributed by atoms with Crippen LogP contribution in [0.25, 0.3) is 11.0 Å². The van der Waals surface area contributed by atoms with Crippen molar-refractivity contribution in [3.05, 3.63) is 30.1 Å². The minimum Gasteiger partial charge on any atom is -0.351 e. The number of rotatable bonds is 3. The number of nitrogens with one attached hydrogen (secondary N) is 1. The first-order valence-corrected chi connectivity index (χ1v) is 5.24. The number of carbonyl (C=O) groups is 1. The van der Waals surface area contributed by atoms with Crippen LogP contribution in [0.2, 0.25) is 0 Å². The third kappa shape index (κ3) is 2.42. The lowest BCUT2D eigenvalue weighted by Gasteiger charge is -2.03. The van der Waals surface area contributed by atoms with Crippen molar-refractivity contribution in [2.75, 3.05) is 0 Å². The first-order chi connectivity index (χ1) is 8.20. The molecule has 0 unspecified atom stereocenters. The molecule has 0 radical (unpaired) electrons. The molecule has 2 aromatic rings. The van der Waals surface area contributed by atoms with E-state index in [1.807, 2.05) is 35.9 Å². The van der Waals surface area contributed by atoms with Crippen LogP contribution in [0.15, 0.2) is 24.5 Å². The Bertz CT molecular complexity index is 594. The van der Waals surface area contributed by atoms with E-state index in [1.54, 1.807) is 6.33 Å².